The number of carboxylic acid groups (broad SMARTS) is 1. The number of sulfonamides is 1. The Balaban J connectivity index is 2.58. The Kier molecular flexibility index (Phi) is 3.99. The Labute approximate surface area is 122 Å². The molecule has 0 atom stereocenters. The lowest BCUT2D eigenvalue weighted by atomic mass is 10.3. The van der Waals surface area contributed by atoms with Crippen LogP contribution in [0.1, 0.15) is 11.4 Å². The number of benzene rings is 1. The topological polar surface area (TPSA) is 103 Å². The average Bonchev–Trinajstić information content (AvgIpc) is 2.76. The molecule has 0 unspecified atom stereocenters. The molecular formula is C13H15N3O4S. The second-order valence-electron chi connectivity index (χ2n) is 4.50. The van der Waals surface area contributed by atoms with E-state index in [1.807, 2.05) is 0 Å². The number of aryl methyl sites for hydroxylation is 2. The van der Waals surface area contributed by atoms with Gasteiger partial charge < -0.3 is 5.11 Å². The van der Waals surface area contributed by atoms with Gasteiger partial charge in [-0.3, -0.25) is 14.2 Å². The molecule has 0 spiro atoms. The van der Waals surface area contributed by atoms with Crippen molar-refractivity contribution in [1.82, 2.24) is 10.2 Å². The summed E-state index contributed by atoms with van der Waals surface area (Å²) in [5.74, 6) is -1.23. The van der Waals surface area contributed by atoms with Crippen LogP contribution >= 0.6 is 0 Å². The van der Waals surface area contributed by atoms with Gasteiger partial charge in [0, 0.05) is 0 Å². The summed E-state index contributed by atoms with van der Waals surface area (Å²) in [5.41, 5.74) is 0.970. The van der Waals surface area contributed by atoms with Gasteiger partial charge in [-0.15, -0.1) is 0 Å². The summed E-state index contributed by atoms with van der Waals surface area (Å²) in [6.45, 7) is 2.48. The third-order valence-electron chi connectivity index (χ3n) is 2.93. The molecule has 21 heavy (non-hydrogen) atoms. The minimum absolute atomic E-state index is 0.00704. The number of carboxylic acids is 1. The van der Waals surface area contributed by atoms with Crippen molar-refractivity contribution in [3.63, 3.8) is 0 Å². The molecule has 0 aliphatic heterocycles. The number of nitrogens with one attached hydrogen (secondary N) is 1. The molecule has 0 bridgehead atoms. The van der Waals surface area contributed by atoms with E-state index in [0.717, 1.165) is 4.31 Å². The largest absolute Gasteiger partial charge is 0.480 e. The Hall–Kier alpha value is -2.35. The molecule has 0 saturated heterocycles. The molecule has 1 aromatic carbocycles. The number of H-pyrrole nitrogens is 1. The number of anilines is 1. The van der Waals surface area contributed by atoms with Crippen LogP contribution in [0.15, 0.2) is 35.2 Å². The van der Waals surface area contributed by atoms with Crippen molar-refractivity contribution >= 4 is 21.7 Å². The van der Waals surface area contributed by atoms with Gasteiger partial charge in [-0.25, -0.2) is 8.42 Å². The molecule has 7 nitrogen and oxygen atoms in total. The van der Waals surface area contributed by atoms with Crippen LogP contribution < -0.4 is 4.31 Å². The lowest BCUT2D eigenvalue weighted by molar-refractivity contribution is -0.135. The minimum Gasteiger partial charge on any atom is -0.480 e. The van der Waals surface area contributed by atoms with Crippen LogP contribution in [0.2, 0.25) is 0 Å². The summed E-state index contributed by atoms with van der Waals surface area (Å²) in [4.78, 5) is 11.0. The van der Waals surface area contributed by atoms with E-state index < -0.39 is 22.5 Å². The van der Waals surface area contributed by atoms with E-state index in [4.69, 9.17) is 5.11 Å². The molecular weight excluding hydrogens is 294 g/mol. The minimum atomic E-state index is -4.01. The summed E-state index contributed by atoms with van der Waals surface area (Å²) < 4.78 is 26.4. The Bertz CT molecular complexity index is 733. The highest BCUT2D eigenvalue weighted by Gasteiger charge is 2.31. The van der Waals surface area contributed by atoms with E-state index in [-0.39, 0.29) is 4.90 Å². The number of aromatic nitrogens is 2. The van der Waals surface area contributed by atoms with Crippen molar-refractivity contribution < 1.29 is 18.3 Å². The summed E-state index contributed by atoms with van der Waals surface area (Å²) in [6.07, 6.45) is 0. The van der Waals surface area contributed by atoms with E-state index in [0.29, 0.717) is 17.1 Å². The molecule has 1 heterocycles. The molecule has 8 heteroatoms. The molecule has 0 aliphatic rings. The summed E-state index contributed by atoms with van der Waals surface area (Å²) in [6, 6.07) is 8.11. The van der Waals surface area contributed by atoms with E-state index in [1.165, 1.54) is 0 Å². The number of aromatic amines is 1. The molecule has 2 N–H and O–H groups in total. The van der Waals surface area contributed by atoms with Crippen molar-refractivity contribution in [3.05, 3.63) is 41.7 Å². The second-order valence-corrected chi connectivity index (χ2v) is 6.30. The fourth-order valence-electron chi connectivity index (χ4n) is 2.06. The van der Waals surface area contributed by atoms with Gasteiger partial charge in [-0.2, -0.15) is 5.10 Å². The summed E-state index contributed by atoms with van der Waals surface area (Å²) in [7, 11) is -4.01. The molecule has 0 aliphatic carbocycles. The van der Waals surface area contributed by atoms with Crippen molar-refractivity contribution in [3.8, 4) is 0 Å². The maximum Gasteiger partial charge on any atom is 0.324 e. The van der Waals surface area contributed by atoms with Gasteiger partial charge in [0.15, 0.2) is 0 Å². The fourth-order valence-corrected chi connectivity index (χ4v) is 3.81. The lowest BCUT2D eigenvalue weighted by Crippen LogP contribution is -2.36. The number of carbonyl (C=O) groups is 1. The normalized spacial score (nSPS) is 11.3. The maximum absolute atomic E-state index is 12.8. The SMILES string of the molecule is Cc1n[nH]c(C)c1S(=O)(=O)N(CC(=O)O)c1ccccc1. The van der Waals surface area contributed by atoms with Crippen molar-refractivity contribution in [2.75, 3.05) is 10.8 Å². The van der Waals surface area contributed by atoms with Crippen LogP contribution in [-0.4, -0.2) is 36.2 Å². The Morgan fingerprint density at radius 1 is 1.29 bits per heavy atom. The first kappa shape index (κ1) is 15.0. The first-order valence-electron chi connectivity index (χ1n) is 6.15. The highest BCUT2D eigenvalue weighted by Crippen LogP contribution is 2.26. The van der Waals surface area contributed by atoms with Gasteiger partial charge >= 0.3 is 5.97 Å². The van der Waals surface area contributed by atoms with Crippen LogP contribution in [0, 0.1) is 13.8 Å². The summed E-state index contributed by atoms with van der Waals surface area (Å²) >= 11 is 0. The molecule has 0 saturated carbocycles. The molecule has 112 valence electrons. The number of hydrogen-bond acceptors (Lipinski definition) is 4. The number of rotatable bonds is 5. The van der Waals surface area contributed by atoms with Gasteiger partial charge in [0.2, 0.25) is 0 Å². The van der Waals surface area contributed by atoms with Crippen LogP contribution in [0.4, 0.5) is 5.69 Å². The standard InChI is InChI=1S/C13H15N3O4S/c1-9-13(10(2)15-14-9)21(19,20)16(8-12(17)18)11-6-4-3-5-7-11/h3-7H,8H2,1-2H3,(H,14,15)(H,17,18). The predicted molar refractivity (Wildman–Crippen MR) is 76.7 cm³/mol. The molecule has 1 aromatic heterocycles. The predicted octanol–water partition coefficient (Wildman–Crippen LogP) is 1.31. The molecule has 0 amide bonds. The molecule has 2 aromatic rings. The first-order chi connectivity index (χ1) is 9.84. The van der Waals surface area contributed by atoms with Gasteiger partial charge in [0.05, 0.1) is 17.1 Å². The average molecular weight is 309 g/mol. The fraction of sp³-hybridized carbons (Fsp3) is 0.231. The van der Waals surface area contributed by atoms with Crippen LogP contribution in [0.5, 0.6) is 0 Å². The molecule has 0 radical (unpaired) electrons. The zero-order valence-corrected chi connectivity index (χ0v) is 12.4. The number of para-hydroxylation sites is 1. The monoisotopic (exact) mass is 309 g/mol. The smallest absolute Gasteiger partial charge is 0.324 e. The third-order valence-corrected chi connectivity index (χ3v) is 4.97. The van der Waals surface area contributed by atoms with Gasteiger partial charge in [0.1, 0.15) is 11.4 Å². The highest BCUT2D eigenvalue weighted by molar-refractivity contribution is 7.93. The zero-order valence-electron chi connectivity index (χ0n) is 11.6. The number of nitrogens with zero attached hydrogens (tertiary/aromatic N) is 2. The van der Waals surface area contributed by atoms with Gasteiger partial charge in [0.25, 0.3) is 10.0 Å². The first-order valence-corrected chi connectivity index (χ1v) is 7.59. The Morgan fingerprint density at radius 3 is 2.38 bits per heavy atom. The Morgan fingerprint density at radius 2 is 1.90 bits per heavy atom. The number of aliphatic carboxylic acids is 1. The van der Waals surface area contributed by atoms with Crippen LogP contribution in [0.3, 0.4) is 0 Å². The quantitative estimate of drug-likeness (QED) is 0.866. The van der Waals surface area contributed by atoms with Gasteiger partial charge in [-0.05, 0) is 26.0 Å². The van der Waals surface area contributed by atoms with E-state index in [2.05, 4.69) is 10.2 Å². The maximum atomic E-state index is 12.8. The van der Waals surface area contributed by atoms with Crippen LogP contribution in [-0.2, 0) is 14.8 Å². The molecule has 0 fully saturated rings. The van der Waals surface area contributed by atoms with Crippen molar-refractivity contribution in [2.45, 2.75) is 18.7 Å². The number of hydrogen-bond donors (Lipinski definition) is 2. The van der Waals surface area contributed by atoms with E-state index >= 15 is 0 Å². The third kappa shape index (κ3) is 2.89. The van der Waals surface area contributed by atoms with Crippen molar-refractivity contribution in [1.29, 1.82) is 0 Å². The van der Waals surface area contributed by atoms with E-state index in [1.54, 1.807) is 44.2 Å². The van der Waals surface area contributed by atoms with Crippen LogP contribution in [0.25, 0.3) is 0 Å². The lowest BCUT2D eigenvalue weighted by Gasteiger charge is -2.22. The van der Waals surface area contributed by atoms with Gasteiger partial charge in [-0.1, -0.05) is 18.2 Å². The van der Waals surface area contributed by atoms with E-state index in [9.17, 15) is 13.2 Å². The zero-order chi connectivity index (χ0) is 15.6. The van der Waals surface area contributed by atoms with Crippen molar-refractivity contribution in [2.24, 2.45) is 0 Å². The summed E-state index contributed by atoms with van der Waals surface area (Å²) in [5, 5.41) is 15.5. The second kappa shape index (κ2) is 5.57. The molecule has 2 rings (SSSR count). The highest BCUT2D eigenvalue weighted by atomic mass is 32.2.